The molecule has 0 bridgehead atoms. The second-order valence-corrected chi connectivity index (χ2v) is 39.5. The lowest BCUT2D eigenvalue weighted by molar-refractivity contribution is -0.155. The number of hydrogen-bond donors (Lipinski definition) is 1. The summed E-state index contributed by atoms with van der Waals surface area (Å²) in [5, 5.41) is 15.9. The molecule has 0 fully saturated rings. The van der Waals surface area contributed by atoms with E-state index in [1.165, 1.54) is 21.1 Å². The highest BCUT2D eigenvalue weighted by molar-refractivity contribution is 6.99. The third-order valence-electron chi connectivity index (χ3n) is 16.0. The second-order valence-electron chi connectivity index (χ2n) is 25.3. The molecule has 0 saturated heterocycles. The lowest BCUT2D eigenvalue weighted by Crippen LogP contribution is -2.66. The average Bonchev–Trinajstić information content (AvgIpc) is 3.77. The van der Waals surface area contributed by atoms with Gasteiger partial charge in [0.1, 0.15) is 18.5 Å². The first-order valence-corrected chi connectivity index (χ1v) is 36.9. The molecule has 0 aromatic heterocycles. The van der Waals surface area contributed by atoms with Gasteiger partial charge in [-0.15, -0.1) is 0 Å². The van der Waals surface area contributed by atoms with E-state index in [-0.39, 0.29) is 41.3 Å². The van der Waals surface area contributed by atoms with Crippen molar-refractivity contribution < 1.29 is 47.2 Å². The summed E-state index contributed by atoms with van der Waals surface area (Å²) in [5.74, 6) is -0.880. The molecule has 5 rings (SSSR count). The number of hydrogen-bond acceptors (Lipinski definition) is 10. The molecule has 5 atom stereocenters. The van der Waals surface area contributed by atoms with E-state index in [1.54, 1.807) is 14.2 Å². The fraction of sp³-hybridized carbons (Fsp3) is 0.530. The van der Waals surface area contributed by atoms with Crippen molar-refractivity contribution in [3.05, 3.63) is 166 Å². The summed E-state index contributed by atoms with van der Waals surface area (Å²) >= 11 is 0. The van der Waals surface area contributed by atoms with E-state index in [9.17, 15) is 9.90 Å². The fourth-order valence-electron chi connectivity index (χ4n) is 10.3. The molecule has 79 heavy (non-hydrogen) atoms. The second kappa shape index (κ2) is 29.6. The lowest BCUT2D eigenvalue weighted by Gasteiger charge is -2.45. The Morgan fingerprint density at radius 1 is 0.797 bits per heavy atom. The van der Waals surface area contributed by atoms with Crippen LogP contribution in [-0.2, 0) is 48.7 Å². The van der Waals surface area contributed by atoms with Gasteiger partial charge < -0.3 is 42.4 Å². The number of esters is 1. The van der Waals surface area contributed by atoms with Gasteiger partial charge in [-0.3, -0.25) is 0 Å². The van der Waals surface area contributed by atoms with Crippen molar-refractivity contribution in [2.45, 2.75) is 168 Å². The minimum Gasteiger partial charge on any atom is -0.467 e. The van der Waals surface area contributed by atoms with E-state index in [4.69, 9.17) is 37.3 Å². The Morgan fingerprint density at radius 2 is 1.41 bits per heavy atom. The van der Waals surface area contributed by atoms with Crippen molar-refractivity contribution in [3.63, 3.8) is 0 Å². The standard InChI is InChI=1S/C66H98O10Si3/c1-50(45-74-78(15,16)64(4,5)6)41-55-42-54(47-75-79(65(7,8)9,57-35-23-18-24-36-57)58-37-25-19-26-38-58)52(3)44-66(55)62(73-49-70-11)60(63(68)76-66)61(67)51(2)31-28-29-34-56(72-48-69-10)43-59(77(12,13)14)39-27-20-30-40-71-46-53-32-21-17-22-33-53/h17-19,21-27,31-33,35-39,41-43,52,55-56,61,67H,20,28-30,34,40,44-49H2,1-16H3/b39-27+,50-41+,51-31+,59-43-/t52-,55-,56+,61?,66+/m1/s1. The van der Waals surface area contributed by atoms with Gasteiger partial charge in [-0.2, -0.15) is 0 Å². The minimum absolute atomic E-state index is 0.0202. The Labute approximate surface area is 479 Å². The van der Waals surface area contributed by atoms with Crippen LogP contribution in [0.3, 0.4) is 0 Å². The summed E-state index contributed by atoms with van der Waals surface area (Å²) in [6, 6.07) is 31.7. The Morgan fingerprint density at radius 3 is 1.97 bits per heavy atom. The van der Waals surface area contributed by atoms with Gasteiger partial charge in [0.15, 0.2) is 26.5 Å². The highest BCUT2D eigenvalue weighted by Crippen LogP contribution is 2.51. The van der Waals surface area contributed by atoms with Gasteiger partial charge in [0.25, 0.3) is 8.32 Å². The molecule has 1 N–H and O–H groups in total. The van der Waals surface area contributed by atoms with Gasteiger partial charge in [-0.1, -0.05) is 206 Å². The summed E-state index contributed by atoms with van der Waals surface area (Å²) in [5.41, 5.74) is 2.77. The molecule has 0 amide bonds. The maximum atomic E-state index is 14.6. The van der Waals surface area contributed by atoms with Crippen molar-refractivity contribution in [2.24, 2.45) is 11.8 Å². The molecular formula is C66H98O10Si3. The predicted molar refractivity (Wildman–Crippen MR) is 331 cm³/mol. The summed E-state index contributed by atoms with van der Waals surface area (Å²) in [7, 11) is -3.58. The van der Waals surface area contributed by atoms with E-state index in [1.807, 2.05) is 31.2 Å². The molecule has 13 heteroatoms. The Balaban J connectivity index is 1.45. The molecule has 3 aromatic rings. The van der Waals surface area contributed by atoms with Gasteiger partial charge >= 0.3 is 5.97 Å². The monoisotopic (exact) mass is 1130 g/mol. The number of benzene rings is 3. The predicted octanol–water partition coefficient (Wildman–Crippen LogP) is 14.1. The van der Waals surface area contributed by atoms with Crippen LogP contribution in [0.5, 0.6) is 0 Å². The van der Waals surface area contributed by atoms with Gasteiger partial charge in [0.05, 0.1) is 34.0 Å². The molecule has 1 aliphatic heterocycles. The third-order valence-corrected chi connectivity index (χ3v) is 27.5. The normalized spacial score (nSPS) is 20.0. The van der Waals surface area contributed by atoms with Gasteiger partial charge in [-0.05, 0) is 102 Å². The van der Waals surface area contributed by atoms with Crippen LogP contribution in [0.4, 0.5) is 0 Å². The highest BCUT2D eigenvalue weighted by Gasteiger charge is 2.58. The van der Waals surface area contributed by atoms with Crippen LogP contribution < -0.4 is 10.4 Å². The van der Waals surface area contributed by atoms with Crippen LogP contribution in [0.2, 0.25) is 42.8 Å². The minimum atomic E-state index is -2.92. The molecule has 0 radical (unpaired) electrons. The third kappa shape index (κ3) is 17.6. The summed E-state index contributed by atoms with van der Waals surface area (Å²) in [6.45, 7) is 33.5. The summed E-state index contributed by atoms with van der Waals surface area (Å²) in [4.78, 5) is 14.6. The van der Waals surface area contributed by atoms with E-state index >= 15 is 0 Å². The first-order chi connectivity index (χ1) is 37.3. The number of unbranched alkanes of at least 4 members (excludes halogenated alkanes) is 2. The summed E-state index contributed by atoms with van der Waals surface area (Å²) < 4.78 is 50.7. The van der Waals surface area contributed by atoms with E-state index < -0.39 is 48.3 Å². The van der Waals surface area contributed by atoms with Crippen molar-refractivity contribution in [3.8, 4) is 0 Å². The van der Waals surface area contributed by atoms with Crippen molar-refractivity contribution >= 4 is 41.1 Å². The van der Waals surface area contributed by atoms with E-state index in [0.29, 0.717) is 50.6 Å². The highest BCUT2D eigenvalue weighted by atomic mass is 28.4. The van der Waals surface area contributed by atoms with Crippen LogP contribution in [0.15, 0.2) is 161 Å². The van der Waals surface area contributed by atoms with Crippen LogP contribution >= 0.6 is 0 Å². The zero-order valence-corrected chi connectivity index (χ0v) is 54.0. The number of carbonyl (C=O) groups is 1. The lowest BCUT2D eigenvalue weighted by atomic mass is 9.70. The number of ether oxygens (including phenoxy) is 6. The first-order valence-electron chi connectivity index (χ1n) is 28.6. The molecule has 2 aliphatic rings. The molecule has 1 unspecified atom stereocenters. The Kier molecular flexibility index (Phi) is 24.6. The van der Waals surface area contributed by atoms with Crippen LogP contribution in [0.25, 0.3) is 0 Å². The van der Waals surface area contributed by atoms with Gasteiger partial charge in [0.2, 0.25) is 0 Å². The van der Waals surface area contributed by atoms with Crippen LogP contribution in [0.1, 0.15) is 106 Å². The van der Waals surface area contributed by atoms with Gasteiger partial charge in [-0.25, -0.2) is 4.79 Å². The fourth-order valence-corrected chi connectivity index (χ4v) is 17.2. The number of methoxy groups -OCH3 is 2. The topological polar surface area (TPSA) is 111 Å². The first kappa shape index (κ1) is 65.6. The molecule has 1 aliphatic carbocycles. The van der Waals surface area contributed by atoms with Gasteiger partial charge in [0, 0.05) is 33.2 Å². The zero-order chi connectivity index (χ0) is 58.1. The molecule has 3 aromatic carbocycles. The largest absolute Gasteiger partial charge is 0.467 e. The smallest absolute Gasteiger partial charge is 0.341 e. The number of aliphatic hydroxyl groups is 1. The molecule has 1 heterocycles. The Bertz CT molecular complexity index is 2530. The molecule has 0 saturated carbocycles. The SMILES string of the molecule is COCOC1=C(C(O)/C(C)=C/CCC[C@@H](/C=C(/C=C/CCCOCc2ccccc2)[Si](C)(C)C)OCOC)C(=O)O[C@]12C[C@@H](C)C(CO[Si](c1ccccc1)(c1ccccc1)C(C)(C)C)=C[C@H]2/C=C(\C)CO[Si](C)(C)C(C)(C)C. The molecular weight excluding hydrogens is 1040 g/mol. The van der Waals surface area contributed by atoms with Crippen molar-refractivity contribution in [1.82, 2.24) is 0 Å². The maximum Gasteiger partial charge on any atom is 0.341 e. The zero-order valence-electron chi connectivity index (χ0n) is 51.0. The van der Waals surface area contributed by atoms with Crippen molar-refractivity contribution in [1.29, 1.82) is 0 Å². The quantitative estimate of drug-likeness (QED) is 0.0173. The Hall–Kier alpha value is -4.26. The number of allylic oxidation sites excluding steroid dienone is 4. The number of rotatable bonds is 30. The summed E-state index contributed by atoms with van der Waals surface area (Å²) in [6.07, 6.45) is 16.2. The van der Waals surface area contributed by atoms with E-state index in [0.717, 1.165) is 36.8 Å². The number of carbonyl (C=O) groups excluding carboxylic acids is 1. The van der Waals surface area contributed by atoms with Crippen LogP contribution in [-0.4, -0.2) is 101 Å². The molecule has 10 nitrogen and oxygen atoms in total. The van der Waals surface area contributed by atoms with Crippen LogP contribution in [0, 0.1) is 11.8 Å². The average molecular weight is 1140 g/mol. The number of aliphatic hydroxyl groups excluding tert-OH is 1. The maximum absolute atomic E-state index is 14.6. The molecule has 1 spiro atoms. The van der Waals surface area contributed by atoms with E-state index in [2.05, 4.69) is 191 Å². The van der Waals surface area contributed by atoms with Crippen molar-refractivity contribution in [2.75, 3.05) is 47.6 Å². The molecule has 434 valence electrons.